The zero-order chi connectivity index (χ0) is 13.7. The molecule has 0 saturated carbocycles. The molecule has 0 aliphatic carbocycles. The summed E-state index contributed by atoms with van der Waals surface area (Å²) in [5.41, 5.74) is 2.60. The standard InChI is InChI=1S/C16H26N2O/c1-13-11-18(2)8-7-16(13)17-10-14-5-4-6-15(9-14)12-19-3/h4-6,9,13,16-17H,7-8,10-12H2,1-3H3. The molecule has 0 aromatic heterocycles. The molecule has 0 spiro atoms. The summed E-state index contributed by atoms with van der Waals surface area (Å²) in [6.07, 6.45) is 1.25. The molecule has 1 saturated heterocycles. The van der Waals surface area contributed by atoms with E-state index in [1.807, 2.05) is 0 Å². The second kappa shape index (κ2) is 7.04. The number of nitrogens with one attached hydrogen (secondary N) is 1. The highest BCUT2D eigenvalue weighted by Gasteiger charge is 2.23. The van der Waals surface area contributed by atoms with Crippen LogP contribution in [0.3, 0.4) is 0 Å². The van der Waals surface area contributed by atoms with Crippen molar-refractivity contribution in [2.24, 2.45) is 5.92 Å². The van der Waals surface area contributed by atoms with Gasteiger partial charge in [-0.05, 0) is 37.1 Å². The Morgan fingerprint density at radius 1 is 1.37 bits per heavy atom. The summed E-state index contributed by atoms with van der Waals surface area (Å²) in [5.74, 6) is 0.723. The first kappa shape index (κ1) is 14.5. The lowest BCUT2D eigenvalue weighted by Gasteiger charge is -2.35. The molecule has 1 aromatic rings. The molecule has 0 radical (unpaired) electrons. The number of hydrogen-bond acceptors (Lipinski definition) is 3. The van der Waals surface area contributed by atoms with Gasteiger partial charge in [0.1, 0.15) is 0 Å². The summed E-state index contributed by atoms with van der Waals surface area (Å²) in [7, 11) is 3.95. The first-order valence-electron chi connectivity index (χ1n) is 7.17. The summed E-state index contributed by atoms with van der Waals surface area (Å²) < 4.78 is 5.18. The van der Waals surface area contributed by atoms with Crippen molar-refractivity contribution in [3.63, 3.8) is 0 Å². The largest absolute Gasteiger partial charge is 0.380 e. The van der Waals surface area contributed by atoms with E-state index in [-0.39, 0.29) is 0 Å². The van der Waals surface area contributed by atoms with Crippen LogP contribution in [0.15, 0.2) is 24.3 Å². The quantitative estimate of drug-likeness (QED) is 0.881. The number of methoxy groups -OCH3 is 1. The van der Waals surface area contributed by atoms with E-state index >= 15 is 0 Å². The molecule has 106 valence electrons. The Balaban J connectivity index is 1.86. The normalized spacial score (nSPS) is 24.6. The molecule has 2 unspecified atom stereocenters. The van der Waals surface area contributed by atoms with Gasteiger partial charge in [-0.1, -0.05) is 31.2 Å². The molecular weight excluding hydrogens is 236 g/mol. The van der Waals surface area contributed by atoms with Crippen molar-refractivity contribution in [3.05, 3.63) is 35.4 Å². The fourth-order valence-corrected chi connectivity index (χ4v) is 2.90. The number of ether oxygens (including phenoxy) is 1. The van der Waals surface area contributed by atoms with Gasteiger partial charge in [0.15, 0.2) is 0 Å². The minimum atomic E-state index is 0.641. The number of benzene rings is 1. The summed E-state index contributed by atoms with van der Waals surface area (Å²) >= 11 is 0. The molecule has 1 heterocycles. The van der Waals surface area contributed by atoms with E-state index in [9.17, 15) is 0 Å². The minimum Gasteiger partial charge on any atom is -0.380 e. The first-order valence-corrected chi connectivity index (χ1v) is 7.17. The van der Waals surface area contributed by atoms with Crippen LogP contribution in [0.1, 0.15) is 24.5 Å². The minimum absolute atomic E-state index is 0.641. The molecule has 1 aromatic carbocycles. The van der Waals surface area contributed by atoms with E-state index in [2.05, 4.69) is 48.5 Å². The van der Waals surface area contributed by atoms with Crippen LogP contribution in [-0.2, 0) is 17.9 Å². The third-order valence-electron chi connectivity index (χ3n) is 3.98. The lowest BCUT2D eigenvalue weighted by atomic mass is 9.94. The number of hydrogen-bond donors (Lipinski definition) is 1. The van der Waals surface area contributed by atoms with Crippen LogP contribution in [0.25, 0.3) is 0 Å². The Bertz CT molecular complexity index is 394. The zero-order valence-corrected chi connectivity index (χ0v) is 12.4. The van der Waals surface area contributed by atoms with E-state index in [1.165, 1.54) is 30.6 Å². The molecule has 19 heavy (non-hydrogen) atoms. The zero-order valence-electron chi connectivity index (χ0n) is 12.4. The van der Waals surface area contributed by atoms with E-state index in [1.54, 1.807) is 7.11 Å². The highest BCUT2D eigenvalue weighted by atomic mass is 16.5. The van der Waals surface area contributed by atoms with Gasteiger partial charge in [-0.25, -0.2) is 0 Å². The van der Waals surface area contributed by atoms with Crippen molar-refractivity contribution in [2.45, 2.75) is 32.5 Å². The predicted molar refractivity (Wildman–Crippen MR) is 79.1 cm³/mol. The Morgan fingerprint density at radius 3 is 2.89 bits per heavy atom. The van der Waals surface area contributed by atoms with Crippen molar-refractivity contribution >= 4 is 0 Å². The maximum absolute atomic E-state index is 5.18. The number of likely N-dealkylation sites (tertiary alicyclic amines) is 1. The Hall–Kier alpha value is -0.900. The smallest absolute Gasteiger partial charge is 0.0713 e. The van der Waals surface area contributed by atoms with E-state index in [0.29, 0.717) is 12.6 Å². The summed E-state index contributed by atoms with van der Waals surface area (Å²) in [4.78, 5) is 2.42. The maximum atomic E-state index is 5.18. The lowest BCUT2D eigenvalue weighted by Crippen LogP contribution is -2.46. The fourth-order valence-electron chi connectivity index (χ4n) is 2.90. The third-order valence-corrected chi connectivity index (χ3v) is 3.98. The SMILES string of the molecule is COCc1cccc(CNC2CCN(C)CC2C)c1. The van der Waals surface area contributed by atoms with Gasteiger partial charge in [0, 0.05) is 26.2 Å². The Morgan fingerprint density at radius 2 is 2.16 bits per heavy atom. The average molecular weight is 262 g/mol. The Labute approximate surface area is 116 Å². The molecule has 2 atom stereocenters. The predicted octanol–water partition coefficient (Wildman–Crippen LogP) is 2.26. The van der Waals surface area contributed by atoms with Gasteiger partial charge in [-0.15, -0.1) is 0 Å². The molecule has 1 fully saturated rings. The number of piperidine rings is 1. The van der Waals surface area contributed by atoms with Crippen LogP contribution in [0.4, 0.5) is 0 Å². The molecule has 1 aliphatic rings. The summed E-state index contributed by atoms with van der Waals surface area (Å²) in [5, 5.41) is 3.71. The highest BCUT2D eigenvalue weighted by molar-refractivity contribution is 5.23. The topological polar surface area (TPSA) is 24.5 Å². The van der Waals surface area contributed by atoms with Gasteiger partial charge < -0.3 is 15.0 Å². The molecule has 0 amide bonds. The van der Waals surface area contributed by atoms with Crippen LogP contribution in [0.2, 0.25) is 0 Å². The van der Waals surface area contributed by atoms with Gasteiger partial charge in [0.25, 0.3) is 0 Å². The van der Waals surface area contributed by atoms with Gasteiger partial charge in [0.2, 0.25) is 0 Å². The second-order valence-corrected chi connectivity index (χ2v) is 5.77. The Kier molecular flexibility index (Phi) is 5.37. The second-order valence-electron chi connectivity index (χ2n) is 5.77. The molecule has 2 rings (SSSR count). The highest BCUT2D eigenvalue weighted by Crippen LogP contribution is 2.16. The first-order chi connectivity index (χ1) is 9.19. The van der Waals surface area contributed by atoms with Crippen LogP contribution < -0.4 is 5.32 Å². The molecular formula is C16H26N2O. The van der Waals surface area contributed by atoms with Crippen molar-refractivity contribution in [1.29, 1.82) is 0 Å². The van der Waals surface area contributed by atoms with Crippen molar-refractivity contribution < 1.29 is 4.74 Å². The van der Waals surface area contributed by atoms with Crippen molar-refractivity contribution in [1.82, 2.24) is 10.2 Å². The van der Waals surface area contributed by atoms with Crippen LogP contribution in [0.5, 0.6) is 0 Å². The number of nitrogens with zero attached hydrogens (tertiary/aromatic N) is 1. The molecule has 3 heteroatoms. The fraction of sp³-hybridized carbons (Fsp3) is 0.625. The summed E-state index contributed by atoms with van der Waals surface area (Å²) in [6, 6.07) is 9.29. The molecule has 3 nitrogen and oxygen atoms in total. The maximum Gasteiger partial charge on any atom is 0.0713 e. The van der Waals surface area contributed by atoms with E-state index < -0.39 is 0 Å². The molecule has 1 aliphatic heterocycles. The van der Waals surface area contributed by atoms with Gasteiger partial charge in [-0.2, -0.15) is 0 Å². The third kappa shape index (κ3) is 4.30. The van der Waals surface area contributed by atoms with Crippen LogP contribution in [0, 0.1) is 5.92 Å². The van der Waals surface area contributed by atoms with Crippen molar-refractivity contribution in [3.8, 4) is 0 Å². The summed E-state index contributed by atoms with van der Waals surface area (Å²) in [6.45, 7) is 6.39. The van der Waals surface area contributed by atoms with Crippen molar-refractivity contribution in [2.75, 3.05) is 27.2 Å². The van der Waals surface area contributed by atoms with Crippen LogP contribution >= 0.6 is 0 Å². The molecule has 0 bridgehead atoms. The average Bonchev–Trinajstić information content (AvgIpc) is 2.38. The van der Waals surface area contributed by atoms with Gasteiger partial charge in [-0.3, -0.25) is 0 Å². The molecule has 1 N–H and O–H groups in total. The van der Waals surface area contributed by atoms with E-state index in [4.69, 9.17) is 4.74 Å². The number of rotatable bonds is 5. The lowest BCUT2D eigenvalue weighted by molar-refractivity contribution is 0.174. The van der Waals surface area contributed by atoms with Gasteiger partial charge in [0.05, 0.1) is 6.61 Å². The van der Waals surface area contributed by atoms with E-state index in [0.717, 1.165) is 12.5 Å². The van der Waals surface area contributed by atoms with Gasteiger partial charge >= 0.3 is 0 Å². The van der Waals surface area contributed by atoms with Crippen LogP contribution in [-0.4, -0.2) is 38.2 Å². The monoisotopic (exact) mass is 262 g/mol.